The number of hydrogen-bond acceptors (Lipinski definition) is 8. The highest BCUT2D eigenvalue weighted by molar-refractivity contribution is 5.04. The maximum atomic E-state index is 9.58. The Morgan fingerprint density at radius 2 is 0.769 bits per heavy atom. The van der Waals surface area contributed by atoms with E-state index in [9.17, 15) is 5.21 Å². The molecule has 0 radical (unpaired) electrons. The zero-order valence-corrected chi connectivity index (χ0v) is 15.2. The van der Waals surface area contributed by atoms with Gasteiger partial charge in [-0.3, -0.25) is 0 Å². The first-order chi connectivity index (χ1) is 12.9. The molecule has 0 aromatic rings. The summed E-state index contributed by atoms with van der Waals surface area (Å²) >= 11 is 0. The lowest BCUT2D eigenvalue weighted by molar-refractivity contribution is -0.0654. The fraction of sp³-hybridized carbons (Fsp3) is 0.778. The van der Waals surface area contributed by atoms with Crippen LogP contribution in [0.2, 0.25) is 0 Å². The molecule has 8 heteroatoms. The fourth-order valence-corrected chi connectivity index (χ4v) is 1.70. The van der Waals surface area contributed by atoms with Crippen LogP contribution in [-0.2, 0) is 28.4 Å². The molecular weight excluding hydrogens is 342 g/mol. The Labute approximate surface area is 155 Å². The smallest absolute Gasteiger partial charge is 0.107 e. The first-order valence-corrected chi connectivity index (χ1v) is 8.71. The monoisotopic (exact) mass is 371 g/mol. The molecule has 1 aliphatic rings. The maximum Gasteiger partial charge on any atom is 0.107 e. The van der Waals surface area contributed by atoms with Gasteiger partial charge in [0.25, 0.3) is 0 Å². The molecule has 0 atom stereocenters. The predicted molar refractivity (Wildman–Crippen MR) is 93.8 cm³/mol. The van der Waals surface area contributed by atoms with E-state index in [4.69, 9.17) is 28.4 Å². The topological polar surface area (TPSA) is 78.9 Å². The highest BCUT2D eigenvalue weighted by atomic mass is 16.6. The van der Waals surface area contributed by atoms with Crippen molar-refractivity contribution in [2.45, 2.75) is 0 Å². The van der Waals surface area contributed by atoms with Gasteiger partial charge < -0.3 is 33.6 Å². The van der Waals surface area contributed by atoms with Gasteiger partial charge in [-0.15, -0.1) is 0 Å². The first-order valence-electron chi connectivity index (χ1n) is 8.71. The number of rotatable bonds is 0. The van der Waals surface area contributed by atoms with E-state index >= 15 is 0 Å². The standard InChI is InChI=1S/C18H29NO7/c20-19-5-1-3-7-21-9-11-23-13-15-25-17-18-26-16-14-24-12-10-22-8-4-2-6-19/h20H,5-18H2. The van der Waals surface area contributed by atoms with Crippen LogP contribution in [0.3, 0.4) is 0 Å². The van der Waals surface area contributed by atoms with E-state index in [1.54, 1.807) is 0 Å². The number of nitrogens with zero attached hydrogens (tertiary/aromatic N) is 1. The molecular formula is C18H29NO7. The highest BCUT2D eigenvalue weighted by Crippen LogP contribution is 1.85. The van der Waals surface area contributed by atoms with Crippen molar-refractivity contribution < 1.29 is 33.6 Å². The van der Waals surface area contributed by atoms with Gasteiger partial charge in [0.1, 0.15) is 13.2 Å². The van der Waals surface area contributed by atoms with Crippen molar-refractivity contribution in [3.05, 3.63) is 0 Å². The zero-order valence-electron chi connectivity index (χ0n) is 15.2. The van der Waals surface area contributed by atoms with Crippen LogP contribution in [0.15, 0.2) is 0 Å². The van der Waals surface area contributed by atoms with Crippen LogP contribution in [0.25, 0.3) is 0 Å². The van der Waals surface area contributed by atoms with Gasteiger partial charge in [0.2, 0.25) is 0 Å². The van der Waals surface area contributed by atoms with Crippen LogP contribution >= 0.6 is 0 Å². The van der Waals surface area contributed by atoms with Crippen molar-refractivity contribution in [1.29, 1.82) is 0 Å². The number of ether oxygens (including phenoxy) is 6. The molecule has 1 N–H and O–H groups in total. The van der Waals surface area contributed by atoms with E-state index in [0.29, 0.717) is 79.3 Å². The fourth-order valence-electron chi connectivity index (χ4n) is 1.70. The molecule has 148 valence electrons. The summed E-state index contributed by atoms with van der Waals surface area (Å²) in [7, 11) is 0. The molecule has 8 nitrogen and oxygen atoms in total. The quantitative estimate of drug-likeness (QED) is 0.587. The van der Waals surface area contributed by atoms with E-state index in [2.05, 4.69) is 23.7 Å². The average Bonchev–Trinajstić information content (AvgIpc) is 2.64. The second-order valence-electron chi connectivity index (χ2n) is 5.08. The molecule has 1 aliphatic heterocycles. The molecule has 0 bridgehead atoms. The summed E-state index contributed by atoms with van der Waals surface area (Å²) in [5, 5.41) is 10.6. The van der Waals surface area contributed by atoms with E-state index < -0.39 is 0 Å². The maximum absolute atomic E-state index is 9.58. The lowest BCUT2D eigenvalue weighted by Gasteiger charge is -2.07. The summed E-state index contributed by atoms with van der Waals surface area (Å²) in [6, 6.07) is 0. The Hall–Kier alpha value is -1.20. The van der Waals surface area contributed by atoms with Gasteiger partial charge in [-0.2, -0.15) is 5.06 Å². The van der Waals surface area contributed by atoms with E-state index in [0.717, 1.165) is 5.06 Å². The van der Waals surface area contributed by atoms with Gasteiger partial charge >= 0.3 is 0 Å². The minimum atomic E-state index is 0.211. The van der Waals surface area contributed by atoms with Gasteiger partial charge in [-0.05, 0) is 0 Å². The Bertz CT molecular complexity index is 398. The van der Waals surface area contributed by atoms with Gasteiger partial charge in [0, 0.05) is 0 Å². The molecule has 0 unspecified atom stereocenters. The molecule has 0 spiro atoms. The lowest BCUT2D eigenvalue weighted by atomic mass is 10.5. The second kappa shape index (κ2) is 18.6. The normalized spacial score (nSPS) is 21.9. The largest absolute Gasteiger partial charge is 0.377 e. The van der Waals surface area contributed by atoms with Crippen LogP contribution in [0.4, 0.5) is 0 Å². The summed E-state index contributed by atoms with van der Waals surface area (Å²) in [5.41, 5.74) is 0. The Morgan fingerprint density at radius 1 is 0.462 bits per heavy atom. The van der Waals surface area contributed by atoms with Crippen LogP contribution in [0, 0.1) is 23.7 Å². The third kappa shape index (κ3) is 16.3. The van der Waals surface area contributed by atoms with Crippen LogP contribution in [0.5, 0.6) is 0 Å². The van der Waals surface area contributed by atoms with Crippen molar-refractivity contribution in [1.82, 2.24) is 5.06 Å². The van der Waals surface area contributed by atoms with Gasteiger partial charge in [-0.25, -0.2) is 0 Å². The summed E-state index contributed by atoms with van der Waals surface area (Å²) in [4.78, 5) is 0. The Kier molecular flexibility index (Phi) is 16.3. The van der Waals surface area contributed by atoms with Crippen LogP contribution in [-0.4, -0.2) is 103 Å². The molecule has 0 saturated carbocycles. The third-order valence-electron chi connectivity index (χ3n) is 2.98. The molecule has 0 fully saturated rings. The molecule has 26 heavy (non-hydrogen) atoms. The summed E-state index contributed by atoms with van der Waals surface area (Å²) < 4.78 is 32.1. The van der Waals surface area contributed by atoms with Crippen LogP contribution < -0.4 is 0 Å². The minimum Gasteiger partial charge on any atom is -0.377 e. The first kappa shape index (κ1) is 22.8. The summed E-state index contributed by atoms with van der Waals surface area (Å²) in [6.45, 7) is 6.04. The van der Waals surface area contributed by atoms with Crippen molar-refractivity contribution in [2.75, 3.05) is 92.4 Å². The molecule has 1 rings (SSSR count). The van der Waals surface area contributed by atoms with Crippen molar-refractivity contribution >= 4 is 0 Å². The van der Waals surface area contributed by atoms with Gasteiger partial charge in [0.15, 0.2) is 0 Å². The Balaban J connectivity index is 2.20. The molecule has 0 aliphatic carbocycles. The van der Waals surface area contributed by atoms with Crippen molar-refractivity contribution in [3.63, 3.8) is 0 Å². The summed E-state index contributed by atoms with van der Waals surface area (Å²) in [6.07, 6.45) is 0. The number of hydrogen-bond donors (Lipinski definition) is 1. The van der Waals surface area contributed by atoms with E-state index in [-0.39, 0.29) is 13.1 Å². The molecule has 0 amide bonds. The van der Waals surface area contributed by atoms with Crippen LogP contribution in [0.1, 0.15) is 0 Å². The molecule has 0 saturated heterocycles. The SMILES string of the molecule is ON1CC#CCOCCOCCOCCOCCOCCOCC#CC1. The lowest BCUT2D eigenvalue weighted by Crippen LogP contribution is -2.19. The molecule has 1 heterocycles. The average molecular weight is 371 g/mol. The minimum absolute atomic E-state index is 0.211. The zero-order chi connectivity index (χ0) is 18.5. The predicted octanol–water partition coefficient (Wildman–Crippen LogP) is -0.202. The summed E-state index contributed by atoms with van der Waals surface area (Å²) in [5.74, 6) is 11.2. The van der Waals surface area contributed by atoms with Crippen molar-refractivity contribution in [3.8, 4) is 23.7 Å². The molecule has 0 aromatic carbocycles. The van der Waals surface area contributed by atoms with Crippen molar-refractivity contribution in [2.24, 2.45) is 0 Å². The van der Waals surface area contributed by atoms with E-state index in [1.165, 1.54) is 0 Å². The van der Waals surface area contributed by atoms with Gasteiger partial charge in [0.05, 0.1) is 79.2 Å². The van der Waals surface area contributed by atoms with Gasteiger partial charge in [-0.1, -0.05) is 23.7 Å². The highest BCUT2D eigenvalue weighted by Gasteiger charge is 1.95. The third-order valence-corrected chi connectivity index (χ3v) is 2.98. The number of hydroxylamine groups is 2. The molecule has 0 aromatic heterocycles. The second-order valence-corrected chi connectivity index (χ2v) is 5.08. The van der Waals surface area contributed by atoms with E-state index in [1.807, 2.05) is 0 Å². The Morgan fingerprint density at radius 3 is 1.12 bits per heavy atom.